The van der Waals surface area contributed by atoms with Crippen molar-refractivity contribution in [1.82, 2.24) is 0 Å². The van der Waals surface area contributed by atoms with Crippen LogP contribution in [0.2, 0.25) is 0 Å². The second-order valence-corrected chi connectivity index (χ2v) is 4.48. The summed E-state index contributed by atoms with van der Waals surface area (Å²) in [6, 6.07) is 12.7. The number of para-hydroxylation sites is 2. The van der Waals surface area contributed by atoms with Crippen LogP contribution in [0.15, 0.2) is 54.6 Å². The molecule has 118 valence electrons. The van der Waals surface area contributed by atoms with E-state index in [-0.39, 0.29) is 5.69 Å². The van der Waals surface area contributed by atoms with Crippen molar-refractivity contribution < 1.29 is 19.2 Å². The first kappa shape index (κ1) is 16.2. The molecular formula is C17H15NO5. The molecule has 0 aliphatic rings. The van der Waals surface area contributed by atoms with E-state index in [1.807, 2.05) is 6.92 Å². The standard InChI is InChI=1S/C17H15NO5/c1-2-22-15-5-3-4-6-16(15)23-17(19)12-9-13-7-10-14(11-8-13)18(20)21/h3-12H,2H2,1H3. The van der Waals surface area contributed by atoms with Gasteiger partial charge in [0.2, 0.25) is 0 Å². The molecule has 6 nitrogen and oxygen atoms in total. The number of hydrogen-bond acceptors (Lipinski definition) is 5. The predicted molar refractivity (Wildman–Crippen MR) is 85.4 cm³/mol. The van der Waals surface area contributed by atoms with Crippen LogP contribution in [0.25, 0.3) is 6.08 Å². The average molecular weight is 313 g/mol. The van der Waals surface area contributed by atoms with Crippen molar-refractivity contribution in [3.8, 4) is 11.5 Å². The smallest absolute Gasteiger partial charge is 0.336 e. The van der Waals surface area contributed by atoms with E-state index < -0.39 is 10.9 Å². The lowest BCUT2D eigenvalue weighted by atomic mass is 10.2. The van der Waals surface area contributed by atoms with Crippen LogP contribution in [0.5, 0.6) is 11.5 Å². The number of ether oxygens (including phenoxy) is 2. The van der Waals surface area contributed by atoms with Gasteiger partial charge in [0.05, 0.1) is 11.5 Å². The molecule has 0 amide bonds. The SMILES string of the molecule is CCOc1ccccc1OC(=O)C=Cc1ccc([N+](=O)[O-])cc1. The number of carbonyl (C=O) groups is 1. The maximum absolute atomic E-state index is 11.8. The molecule has 0 spiro atoms. The largest absolute Gasteiger partial charge is 0.490 e. The normalized spacial score (nSPS) is 10.5. The summed E-state index contributed by atoms with van der Waals surface area (Å²) < 4.78 is 10.6. The van der Waals surface area contributed by atoms with Gasteiger partial charge in [0, 0.05) is 18.2 Å². The summed E-state index contributed by atoms with van der Waals surface area (Å²) in [5.41, 5.74) is 0.654. The molecule has 0 N–H and O–H groups in total. The van der Waals surface area contributed by atoms with E-state index >= 15 is 0 Å². The molecule has 2 aromatic carbocycles. The van der Waals surface area contributed by atoms with Crippen LogP contribution in [0.4, 0.5) is 5.69 Å². The molecule has 0 saturated heterocycles. The van der Waals surface area contributed by atoms with Gasteiger partial charge in [-0.15, -0.1) is 0 Å². The molecule has 2 aromatic rings. The van der Waals surface area contributed by atoms with Gasteiger partial charge in [-0.25, -0.2) is 4.79 Å². The van der Waals surface area contributed by atoms with E-state index in [1.54, 1.807) is 36.4 Å². The predicted octanol–water partition coefficient (Wildman–Crippen LogP) is 3.61. The zero-order valence-electron chi connectivity index (χ0n) is 12.5. The summed E-state index contributed by atoms with van der Waals surface area (Å²) in [6.45, 7) is 2.31. The number of benzene rings is 2. The number of nitrogens with zero attached hydrogens (tertiary/aromatic N) is 1. The third kappa shape index (κ3) is 4.67. The lowest BCUT2D eigenvalue weighted by Crippen LogP contribution is -2.05. The van der Waals surface area contributed by atoms with Gasteiger partial charge < -0.3 is 9.47 Å². The van der Waals surface area contributed by atoms with E-state index in [2.05, 4.69) is 0 Å². The van der Waals surface area contributed by atoms with Crippen molar-refractivity contribution in [3.63, 3.8) is 0 Å². The average Bonchev–Trinajstić information content (AvgIpc) is 2.55. The highest BCUT2D eigenvalue weighted by Crippen LogP contribution is 2.26. The van der Waals surface area contributed by atoms with Crippen LogP contribution < -0.4 is 9.47 Å². The molecule has 0 saturated carbocycles. The van der Waals surface area contributed by atoms with Crippen LogP contribution >= 0.6 is 0 Å². The lowest BCUT2D eigenvalue weighted by Gasteiger charge is -2.08. The van der Waals surface area contributed by atoms with Crippen LogP contribution in [-0.4, -0.2) is 17.5 Å². The summed E-state index contributed by atoms with van der Waals surface area (Å²) >= 11 is 0. The number of nitro benzene ring substituents is 1. The van der Waals surface area contributed by atoms with Gasteiger partial charge in [0.25, 0.3) is 5.69 Å². The summed E-state index contributed by atoms with van der Waals surface area (Å²) in [5.74, 6) is 0.273. The molecule has 0 fully saturated rings. The van der Waals surface area contributed by atoms with Crippen LogP contribution in [0.3, 0.4) is 0 Å². The number of non-ortho nitro benzene ring substituents is 1. The summed E-state index contributed by atoms with van der Waals surface area (Å²) in [6.07, 6.45) is 2.78. The Labute approximate surface area is 133 Å². The Kier molecular flexibility index (Phi) is 5.46. The Morgan fingerprint density at radius 1 is 1.13 bits per heavy atom. The highest BCUT2D eigenvalue weighted by atomic mass is 16.6. The molecule has 0 aliphatic heterocycles. The Hall–Kier alpha value is -3.15. The third-order valence-corrected chi connectivity index (χ3v) is 2.88. The Morgan fingerprint density at radius 2 is 1.78 bits per heavy atom. The number of hydrogen-bond donors (Lipinski definition) is 0. The van der Waals surface area contributed by atoms with Gasteiger partial charge in [-0.05, 0) is 42.8 Å². The molecule has 2 rings (SSSR count). The second-order valence-electron chi connectivity index (χ2n) is 4.48. The van der Waals surface area contributed by atoms with Crippen molar-refractivity contribution in [3.05, 3.63) is 70.3 Å². The maximum atomic E-state index is 11.8. The number of carbonyl (C=O) groups excluding carboxylic acids is 1. The quantitative estimate of drug-likeness (QED) is 0.267. The van der Waals surface area contributed by atoms with Crippen LogP contribution in [0, 0.1) is 10.1 Å². The Balaban J connectivity index is 2.03. The van der Waals surface area contributed by atoms with E-state index in [4.69, 9.17) is 9.47 Å². The molecule has 0 aliphatic carbocycles. The van der Waals surface area contributed by atoms with E-state index in [9.17, 15) is 14.9 Å². The summed E-state index contributed by atoms with van der Waals surface area (Å²) in [4.78, 5) is 21.9. The first-order chi connectivity index (χ1) is 11.1. The fourth-order valence-corrected chi connectivity index (χ4v) is 1.82. The lowest BCUT2D eigenvalue weighted by molar-refractivity contribution is -0.384. The molecule has 0 unspecified atom stereocenters. The summed E-state index contributed by atoms with van der Waals surface area (Å²) in [5, 5.41) is 10.6. The van der Waals surface area contributed by atoms with Crippen molar-refractivity contribution in [2.45, 2.75) is 6.92 Å². The highest BCUT2D eigenvalue weighted by Gasteiger charge is 2.07. The minimum Gasteiger partial charge on any atom is -0.490 e. The van der Waals surface area contributed by atoms with Gasteiger partial charge >= 0.3 is 5.97 Å². The van der Waals surface area contributed by atoms with Gasteiger partial charge in [-0.1, -0.05) is 12.1 Å². The molecule has 0 atom stereocenters. The van der Waals surface area contributed by atoms with E-state index in [1.165, 1.54) is 24.3 Å². The summed E-state index contributed by atoms with van der Waals surface area (Å²) in [7, 11) is 0. The minimum atomic E-state index is -0.560. The van der Waals surface area contributed by atoms with Gasteiger partial charge in [-0.3, -0.25) is 10.1 Å². The van der Waals surface area contributed by atoms with Crippen LogP contribution in [0.1, 0.15) is 12.5 Å². The molecule has 0 aromatic heterocycles. The monoisotopic (exact) mass is 313 g/mol. The highest BCUT2D eigenvalue weighted by molar-refractivity contribution is 5.89. The molecule has 23 heavy (non-hydrogen) atoms. The topological polar surface area (TPSA) is 78.7 Å². The Bertz CT molecular complexity index is 722. The van der Waals surface area contributed by atoms with E-state index in [0.717, 1.165) is 0 Å². The van der Waals surface area contributed by atoms with Gasteiger partial charge in [-0.2, -0.15) is 0 Å². The van der Waals surface area contributed by atoms with Crippen molar-refractivity contribution >= 4 is 17.7 Å². The molecule has 0 heterocycles. The zero-order chi connectivity index (χ0) is 16.7. The number of esters is 1. The Morgan fingerprint density at radius 3 is 2.39 bits per heavy atom. The third-order valence-electron chi connectivity index (χ3n) is 2.88. The molecule has 6 heteroatoms. The number of nitro groups is 1. The fourth-order valence-electron chi connectivity index (χ4n) is 1.82. The van der Waals surface area contributed by atoms with Crippen molar-refractivity contribution in [2.24, 2.45) is 0 Å². The fraction of sp³-hybridized carbons (Fsp3) is 0.118. The van der Waals surface area contributed by atoms with Gasteiger partial charge in [0.15, 0.2) is 11.5 Å². The van der Waals surface area contributed by atoms with Crippen LogP contribution in [-0.2, 0) is 4.79 Å². The molecule has 0 bridgehead atoms. The van der Waals surface area contributed by atoms with E-state index in [0.29, 0.717) is 23.7 Å². The molecular weight excluding hydrogens is 298 g/mol. The number of rotatable bonds is 6. The first-order valence-electron chi connectivity index (χ1n) is 6.96. The second kappa shape index (κ2) is 7.74. The molecule has 0 radical (unpaired) electrons. The van der Waals surface area contributed by atoms with Crippen molar-refractivity contribution in [1.29, 1.82) is 0 Å². The minimum absolute atomic E-state index is 0.00429. The maximum Gasteiger partial charge on any atom is 0.336 e. The first-order valence-corrected chi connectivity index (χ1v) is 6.96. The zero-order valence-corrected chi connectivity index (χ0v) is 12.5. The van der Waals surface area contributed by atoms with Gasteiger partial charge in [0.1, 0.15) is 0 Å². The van der Waals surface area contributed by atoms with Crippen molar-refractivity contribution in [2.75, 3.05) is 6.61 Å².